The van der Waals surface area contributed by atoms with Gasteiger partial charge in [-0.3, -0.25) is 0 Å². The number of hydrogen-bond acceptors (Lipinski definition) is 5. The van der Waals surface area contributed by atoms with Crippen molar-refractivity contribution in [3.05, 3.63) is 85.1 Å². The molecule has 0 aliphatic heterocycles. The van der Waals surface area contributed by atoms with E-state index in [-0.39, 0.29) is 32.3 Å². The van der Waals surface area contributed by atoms with Crippen LogP contribution < -0.4 is 0 Å². The van der Waals surface area contributed by atoms with Crippen molar-refractivity contribution in [2.24, 2.45) is 0 Å². The van der Waals surface area contributed by atoms with Gasteiger partial charge in [-0.1, -0.05) is 36.4 Å². The summed E-state index contributed by atoms with van der Waals surface area (Å²) in [5.74, 6) is 2.27. The standard InChI is InChI=1S/C19H13N4.C5H12O2.Ir/c1-3-9-15(10-4-1)18-21-22-19(16-11-5-2-6-12-16)23(18)17-13-7-8-14-20-17;1-4(6)3-5(2)7;/h1-11,13-14H;4-7H,3H2,1-2H3;/q-1;;. The van der Waals surface area contributed by atoms with Crippen LogP contribution in [0.1, 0.15) is 20.3 Å². The molecule has 2 heterocycles. The molecule has 2 aromatic carbocycles. The molecule has 0 amide bonds. The molecule has 0 aliphatic rings. The third kappa shape index (κ3) is 6.91. The quantitative estimate of drug-likeness (QED) is 0.343. The zero-order chi connectivity index (χ0) is 21.3. The molecule has 0 saturated carbocycles. The van der Waals surface area contributed by atoms with Gasteiger partial charge in [0.15, 0.2) is 5.82 Å². The Hall–Kier alpha value is -2.70. The fourth-order valence-electron chi connectivity index (χ4n) is 2.96. The fraction of sp³-hybridized carbons (Fsp3) is 0.208. The third-order valence-electron chi connectivity index (χ3n) is 4.21. The topological polar surface area (TPSA) is 84.1 Å². The molecule has 0 saturated heterocycles. The van der Waals surface area contributed by atoms with Crippen molar-refractivity contribution >= 4 is 0 Å². The van der Waals surface area contributed by atoms with Gasteiger partial charge in [-0.15, -0.1) is 41.0 Å². The summed E-state index contributed by atoms with van der Waals surface area (Å²) in [4.78, 5) is 4.46. The maximum atomic E-state index is 8.56. The summed E-state index contributed by atoms with van der Waals surface area (Å²) < 4.78 is 1.96. The second-order valence-corrected chi connectivity index (χ2v) is 6.95. The molecular formula is C24H25IrN4O2-. The van der Waals surface area contributed by atoms with Gasteiger partial charge in [0.05, 0.1) is 18.0 Å². The number of rotatable bonds is 5. The van der Waals surface area contributed by atoms with E-state index in [0.717, 1.165) is 28.6 Å². The average Bonchev–Trinajstić information content (AvgIpc) is 3.20. The van der Waals surface area contributed by atoms with Crippen LogP contribution in [0.15, 0.2) is 79.0 Å². The van der Waals surface area contributed by atoms with Crippen molar-refractivity contribution in [3.63, 3.8) is 0 Å². The number of hydrogen-bond donors (Lipinski definition) is 2. The first-order chi connectivity index (χ1) is 14.6. The molecule has 163 valence electrons. The van der Waals surface area contributed by atoms with Crippen LogP contribution in [0.4, 0.5) is 0 Å². The first kappa shape index (κ1) is 24.6. The Morgan fingerprint density at radius 3 is 2.03 bits per heavy atom. The minimum absolute atomic E-state index is 0. The normalized spacial score (nSPS) is 12.1. The number of nitrogens with zero attached hydrogens (tertiary/aromatic N) is 4. The zero-order valence-corrected chi connectivity index (χ0v) is 19.8. The van der Waals surface area contributed by atoms with Crippen LogP contribution in [0, 0.1) is 6.07 Å². The SMILES string of the molecule is CC(O)CC(C)O.[Ir].[c-]1ccccc1-c1nnc(-c2ccccc2)n1-c1ccccn1. The van der Waals surface area contributed by atoms with Gasteiger partial charge in [-0.2, -0.15) is 5.10 Å². The number of benzene rings is 2. The molecular weight excluding hydrogens is 569 g/mol. The Morgan fingerprint density at radius 1 is 0.839 bits per heavy atom. The summed E-state index contributed by atoms with van der Waals surface area (Å²) in [6, 6.07) is 26.7. The Balaban J connectivity index is 0.000000373. The van der Waals surface area contributed by atoms with Crippen LogP contribution in [0.5, 0.6) is 0 Å². The molecule has 2 aromatic heterocycles. The largest absolute Gasteiger partial charge is 0.393 e. The zero-order valence-electron chi connectivity index (χ0n) is 17.4. The maximum Gasteiger partial charge on any atom is 0.160 e. The first-order valence-electron chi connectivity index (χ1n) is 9.81. The van der Waals surface area contributed by atoms with Crippen LogP contribution in [0.3, 0.4) is 0 Å². The van der Waals surface area contributed by atoms with Crippen molar-refractivity contribution in [3.8, 4) is 28.6 Å². The Labute approximate surface area is 196 Å². The van der Waals surface area contributed by atoms with E-state index in [0.29, 0.717) is 6.42 Å². The minimum atomic E-state index is -0.375. The van der Waals surface area contributed by atoms with Gasteiger partial charge in [0.2, 0.25) is 0 Å². The van der Waals surface area contributed by atoms with Gasteiger partial charge in [0, 0.05) is 31.9 Å². The van der Waals surface area contributed by atoms with E-state index in [1.54, 1.807) is 20.0 Å². The van der Waals surface area contributed by atoms with Gasteiger partial charge in [0.25, 0.3) is 0 Å². The smallest absolute Gasteiger partial charge is 0.160 e. The van der Waals surface area contributed by atoms with Gasteiger partial charge in [0.1, 0.15) is 5.82 Å². The molecule has 6 nitrogen and oxygen atoms in total. The van der Waals surface area contributed by atoms with E-state index < -0.39 is 0 Å². The Morgan fingerprint density at radius 2 is 1.48 bits per heavy atom. The minimum Gasteiger partial charge on any atom is -0.393 e. The van der Waals surface area contributed by atoms with Gasteiger partial charge < -0.3 is 14.8 Å². The fourth-order valence-corrected chi connectivity index (χ4v) is 2.96. The average molecular weight is 594 g/mol. The molecule has 2 N–H and O–H groups in total. The molecule has 2 atom stereocenters. The molecule has 0 bridgehead atoms. The molecule has 4 aromatic rings. The van der Waals surface area contributed by atoms with Crippen LogP contribution >= 0.6 is 0 Å². The summed E-state index contributed by atoms with van der Waals surface area (Å²) in [6.45, 7) is 3.32. The summed E-state index contributed by atoms with van der Waals surface area (Å²) in [5, 5.41) is 25.9. The molecule has 0 fully saturated rings. The number of aliphatic hydroxyl groups excluding tert-OH is 2. The van der Waals surface area contributed by atoms with Crippen LogP contribution in [-0.4, -0.2) is 42.2 Å². The summed E-state index contributed by atoms with van der Waals surface area (Å²) in [6.07, 6.45) is 1.49. The second kappa shape index (κ2) is 12.2. The van der Waals surface area contributed by atoms with E-state index in [2.05, 4.69) is 21.2 Å². The van der Waals surface area contributed by atoms with E-state index in [4.69, 9.17) is 10.2 Å². The number of aromatic nitrogens is 4. The van der Waals surface area contributed by atoms with E-state index in [1.165, 1.54) is 0 Å². The predicted octanol–water partition coefficient (Wildman–Crippen LogP) is 3.93. The predicted molar refractivity (Wildman–Crippen MR) is 117 cm³/mol. The van der Waals surface area contributed by atoms with Crippen molar-refractivity contribution in [2.75, 3.05) is 0 Å². The number of aliphatic hydroxyl groups is 2. The number of pyridine rings is 1. The Bertz CT molecular complexity index is 960. The van der Waals surface area contributed by atoms with E-state index in [9.17, 15) is 0 Å². The third-order valence-corrected chi connectivity index (χ3v) is 4.21. The molecule has 2 unspecified atom stereocenters. The van der Waals surface area contributed by atoms with Gasteiger partial charge in [-0.05, 0) is 32.4 Å². The molecule has 4 rings (SSSR count). The first-order valence-corrected chi connectivity index (χ1v) is 9.81. The summed E-state index contributed by atoms with van der Waals surface area (Å²) in [5.41, 5.74) is 1.88. The van der Waals surface area contributed by atoms with Crippen molar-refractivity contribution < 1.29 is 30.3 Å². The van der Waals surface area contributed by atoms with E-state index >= 15 is 0 Å². The van der Waals surface area contributed by atoms with Crippen molar-refractivity contribution in [2.45, 2.75) is 32.5 Å². The van der Waals surface area contributed by atoms with Crippen LogP contribution in [-0.2, 0) is 20.1 Å². The second-order valence-electron chi connectivity index (χ2n) is 6.95. The van der Waals surface area contributed by atoms with Crippen LogP contribution in [0.25, 0.3) is 28.6 Å². The molecule has 7 heteroatoms. The molecule has 0 spiro atoms. The van der Waals surface area contributed by atoms with Gasteiger partial charge >= 0.3 is 0 Å². The van der Waals surface area contributed by atoms with Gasteiger partial charge in [-0.25, -0.2) is 4.98 Å². The van der Waals surface area contributed by atoms with Crippen molar-refractivity contribution in [1.29, 1.82) is 0 Å². The monoisotopic (exact) mass is 594 g/mol. The summed E-state index contributed by atoms with van der Waals surface area (Å²) in [7, 11) is 0. The van der Waals surface area contributed by atoms with Crippen LogP contribution in [0.2, 0.25) is 0 Å². The molecule has 1 radical (unpaired) electrons. The Kier molecular flexibility index (Phi) is 9.69. The summed E-state index contributed by atoms with van der Waals surface area (Å²) >= 11 is 0. The van der Waals surface area contributed by atoms with Crippen molar-refractivity contribution in [1.82, 2.24) is 19.7 Å². The molecule has 31 heavy (non-hydrogen) atoms. The maximum absolute atomic E-state index is 8.56. The molecule has 0 aliphatic carbocycles. The van der Waals surface area contributed by atoms with E-state index in [1.807, 2.05) is 77.4 Å².